The van der Waals surface area contributed by atoms with Gasteiger partial charge in [-0.2, -0.15) is 0 Å². The van der Waals surface area contributed by atoms with Crippen LogP contribution in [0.15, 0.2) is 182 Å². The van der Waals surface area contributed by atoms with Gasteiger partial charge in [0, 0.05) is 45.8 Å². The summed E-state index contributed by atoms with van der Waals surface area (Å²) in [4.78, 5) is 24.7. The summed E-state index contributed by atoms with van der Waals surface area (Å²) in [7, 11) is 0. The minimum absolute atomic E-state index is 0.594. The lowest BCUT2D eigenvalue weighted by atomic mass is 9.96. The highest BCUT2D eigenvalue weighted by molar-refractivity contribution is 5.84. The Kier molecular flexibility index (Phi) is 7.72. The van der Waals surface area contributed by atoms with Gasteiger partial charge in [-0.3, -0.25) is 9.38 Å². The fourth-order valence-corrected chi connectivity index (χ4v) is 6.43. The molecule has 0 spiro atoms. The van der Waals surface area contributed by atoms with Crippen LogP contribution >= 0.6 is 0 Å². The minimum atomic E-state index is 0.594. The molecule has 0 N–H and O–H groups in total. The highest BCUT2D eigenvalue weighted by Gasteiger charge is 2.18. The van der Waals surface area contributed by atoms with Gasteiger partial charge in [0.15, 0.2) is 17.5 Å². The molecular formula is C45H30N6. The second-order valence-corrected chi connectivity index (χ2v) is 12.2. The number of hydrogen-bond acceptors (Lipinski definition) is 5. The zero-order valence-corrected chi connectivity index (χ0v) is 27.5. The fraction of sp³-hybridized carbons (Fsp3) is 0. The molecule has 4 heterocycles. The van der Waals surface area contributed by atoms with Crippen LogP contribution in [0.3, 0.4) is 0 Å². The maximum Gasteiger partial charge on any atom is 0.164 e. The number of nitrogens with zero attached hydrogens (tertiary/aromatic N) is 6. The highest BCUT2D eigenvalue weighted by atomic mass is 15.0. The van der Waals surface area contributed by atoms with Crippen LogP contribution in [-0.4, -0.2) is 29.3 Å². The van der Waals surface area contributed by atoms with E-state index in [1.807, 2.05) is 109 Å². The van der Waals surface area contributed by atoms with Crippen molar-refractivity contribution in [2.75, 3.05) is 0 Å². The monoisotopic (exact) mass is 654 g/mol. The Morgan fingerprint density at radius 3 is 1.51 bits per heavy atom. The third kappa shape index (κ3) is 5.96. The van der Waals surface area contributed by atoms with Crippen LogP contribution in [0.2, 0.25) is 0 Å². The zero-order chi connectivity index (χ0) is 34.0. The van der Waals surface area contributed by atoms with E-state index in [2.05, 4.69) is 77.3 Å². The van der Waals surface area contributed by atoms with Crippen molar-refractivity contribution in [1.82, 2.24) is 29.3 Å². The van der Waals surface area contributed by atoms with Crippen molar-refractivity contribution in [3.05, 3.63) is 182 Å². The molecule has 6 nitrogen and oxygen atoms in total. The molecule has 5 aromatic carbocycles. The van der Waals surface area contributed by atoms with E-state index in [1.165, 1.54) is 0 Å². The van der Waals surface area contributed by atoms with E-state index < -0.39 is 0 Å². The number of pyridine rings is 2. The van der Waals surface area contributed by atoms with Crippen LogP contribution in [0, 0.1) is 0 Å². The second-order valence-electron chi connectivity index (χ2n) is 12.2. The maximum absolute atomic E-state index is 5.03. The summed E-state index contributed by atoms with van der Waals surface area (Å²) < 4.78 is 2.16. The fourth-order valence-electron chi connectivity index (χ4n) is 6.43. The molecule has 0 aliphatic heterocycles. The van der Waals surface area contributed by atoms with E-state index in [9.17, 15) is 0 Å². The smallest absolute Gasteiger partial charge is 0.164 e. The Balaban J connectivity index is 1.19. The summed E-state index contributed by atoms with van der Waals surface area (Å²) in [6, 6.07) is 57.7. The van der Waals surface area contributed by atoms with Crippen molar-refractivity contribution in [3.63, 3.8) is 0 Å². The third-order valence-corrected chi connectivity index (χ3v) is 8.92. The van der Waals surface area contributed by atoms with Crippen molar-refractivity contribution in [3.8, 4) is 79.1 Å². The molecular weight excluding hydrogens is 625 g/mol. The topological polar surface area (TPSA) is 68.9 Å². The number of rotatable bonds is 7. The second kappa shape index (κ2) is 13.1. The van der Waals surface area contributed by atoms with Gasteiger partial charge in [-0.15, -0.1) is 0 Å². The van der Waals surface area contributed by atoms with E-state index >= 15 is 0 Å². The number of imidazole rings is 1. The summed E-state index contributed by atoms with van der Waals surface area (Å²) in [6.07, 6.45) is 3.89. The number of fused-ring (bicyclic) bond motifs is 1. The molecule has 0 aliphatic carbocycles. The zero-order valence-electron chi connectivity index (χ0n) is 27.5. The van der Waals surface area contributed by atoms with E-state index in [1.54, 1.807) is 0 Å². The quantitative estimate of drug-likeness (QED) is 0.171. The summed E-state index contributed by atoms with van der Waals surface area (Å²) in [6.45, 7) is 0. The van der Waals surface area contributed by atoms with E-state index in [-0.39, 0.29) is 0 Å². The van der Waals surface area contributed by atoms with Crippen LogP contribution in [0.1, 0.15) is 0 Å². The average molecular weight is 655 g/mol. The Morgan fingerprint density at radius 2 is 0.882 bits per heavy atom. The Morgan fingerprint density at radius 1 is 0.353 bits per heavy atom. The molecule has 4 aromatic heterocycles. The van der Waals surface area contributed by atoms with Crippen molar-refractivity contribution in [2.24, 2.45) is 0 Å². The SMILES string of the molecule is c1ccc(-c2nc(-c3ccccc3)nc(-c3cc(-c4ccc(-c5c(-c6ccccc6)nc6ccccn56)cc4)cc(-c4ccccn4)c3)n2)cc1. The first-order valence-corrected chi connectivity index (χ1v) is 16.8. The molecule has 0 saturated carbocycles. The van der Waals surface area contributed by atoms with Crippen molar-refractivity contribution in [2.45, 2.75) is 0 Å². The van der Waals surface area contributed by atoms with Gasteiger partial charge < -0.3 is 0 Å². The van der Waals surface area contributed by atoms with Crippen molar-refractivity contribution in [1.29, 1.82) is 0 Å². The summed E-state index contributed by atoms with van der Waals surface area (Å²) in [5.74, 6) is 1.84. The highest BCUT2D eigenvalue weighted by Crippen LogP contribution is 2.36. The van der Waals surface area contributed by atoms with Crippen LogP contribution in [0.5, 0.6) is 0 Å². The molecule has 240 valence electrons. The summed E-state index contributed by atoms with van der Waals surface area (Å²) in [5.41, 5.74) is 11.7. The Labute approximate surface area is 295 Å². The van der Waals surface area contributed by atoms with Gasteiger partial charge in [0.05, 0.1) is 17.1 Å². The van der Waals surface area contributed by atoms with Gasteiger partial charge in [-0.05, 0) is 53.6 Å². The van der Waals surface area contributed by atoms with Crippen molar-refractivity contribution < 1.29 is 0 Å². The molecule has 0 fully saturated rings. The predicted molar refractivity (Wildman–Crippen MR) is 204 cm³/mol. The normalized spacial score (nSPS) is 11.1. The van der Waals surface area contributed by atoms with Crippen LogP contribution < -0.4 is 0 Å². The molecule has 0 amide bonds. The maximum atomic E-state index is 5.03. The Bertz CT molecular complexity index is 2540. The molecule has 0 bridgehead atoms. The summed E-state index contributed by atoms with van der Waals surface area (Å²) in [5, 5.41) is 0. The first-order chi connectivity index (χ1) is 25.3. The van der Waals surface area contributed by atoms with Gasteiger partial charge >= 0.3 is 0 Å². The van der Waals surface area contributed by atoms with Gasteiger partial charge in [-0.25, -0.2) is 19.9 Å². The molecule has 9 rings (SSSR count). The van der Waals surface area contributed by atoms with E-state index in [0.717, 1.165) is 67.2 Å². The number of hydrogen-bond donors (Lipinski definition) is 0. The lowest BCUT2D eigenvalue weighted by molar-refractivity contribution is 1.07. The van der Waals surface area contributed by atoms with Gasteiger partial charge in [0.25, 0.3) is 0 Å². The largest absolute Gasteiger partial charge is 0.299 e. The van der Waals surface area contributed by atoms with Gasteiger partial charge in [0.1, 0.15) is 5.65 Å². The van der Waals surface area contributed by atoms with Crippen LogP contribution in [0.4, 0.5) is 0 Å². The predicted octanol–water partition coefficient (Wildman–Crippen LogP) is 10.6. The molecule has 51 heavy (non-hydrogen) atoms. The molecule has 0 atom stereocenters. The molecule has 9 aromatic rings. The number of benzene rings is 5. The van der Waals surface area contributed by atoms with Crippen LogP contribution in [0.25, 0.3) is 84.7 Å². The van der Waals surface area contributed by atoms with Crippen LogP contribution in [-0.2, 0) is 0 Å². The molecule has 0 saturated heterocycles. The minimum Gasteiger partial charge on any atom is -0.299 e. The standard InChI is InChI=1S/C45H30N6/c1-4-14-32(15-5-1)41-42(51-27-13-11-21-40(51)47-41)33-24-22-31(23-25-33)36-28-37(39-20-10-12-26-46-39)30-38(29-36)45-49-43(34-16-6-2-7-17-34)48-44(50-45)35-18-8-3-9-19-35/h1-30H. The van der Waals surface area contributed by atoms with E-state index in [0.29, 0.717) is 17.5 Å². The number of aromatic nitrogens is 6. The van der Waals surface area contributed by atoms with Gasteiger partial charge in [0.2, 0.25) is 0 Å². The molecule has 0 radical (unpaired) electrons. The molecule has 0 aliphatic rings. The Hall–Kier alpha value is -7.05. The van der Waals surface area contributed by atoms with Gasteiger partial charge in [-0.1, -0.05) is 127 Å². The molecule has 6 heteroatoms. The lowest BCUT2D eigenvalue weighted by Gasteiger charge is -2.13. The lowest BCUT2D eigenvalue weighted by Crippen LogP contribution is -2.00. The first-order valence-electron chi connectivity index (χ1n) is 16.8. The average Bonchev–Trinajstić information content (AvgIpc) is 3.62. The molecule has 0 unspecified atom stereocenters. The first kappa shape index (κ1) is 30.0. The third-order valence-electron chi connectivity index (χ3n) is 8.92. The van der Waals surface area contributed by atoms with Crippen molar-refractivity contribution >= 4 is 5.65 Å². The summed E-state index contributed by atoms with van der Waals surface area (Å²) >= 11 is 0. The van der Waals surface area contributed by atoms with E-state index in [4.69, 9.17) is 24.9 Å².